The van der Waals surface area contributed by atoms with Crippen LogP contribution in [0.2, 0.25) is 0 Å². The molecule has 6 nitrogen and oxygen atoms in total. The Labute approximate surface area is 137 Å². The molecule has 9 heteroatoms. The summed E-state index contributed by atoms with van der Waals surface area (Å²) in [5.74, 6) is -1.18. The molecule has 0 unspecified atom stereocenters. The number of rotatable bonds is 3. The van der Waals surface area contributed by atoms with Crippen molar-refractivity contribution in [2.45, 2.75) is 13.0 Å². The van der Waals surface area contributed by atoms with E-state index in [4.69, 9.17) is 0 Å². The SMILES string of the molecule is CS(=O)(=O)N1CCc2nc(NC(=O)c3ccccc3F)sc2C1. The molecule has 122 valence electrons. The van der Waals surface area contributed by atoms with Gasteiger partial charge >= 0.3 is 0 Å². The zero-order valence-electron chi connectivity index (χ0n) is 12.2. The smallest absolute Gasteiger partial charge is 0.260 e. The van der Waals surface area contributed by atoms with E-state index in [0.717, 1.165) is 10.6 Å². The third-order valence-corrected chi connectivity index (χ3v) is 5.75. The molecule has 0 fully saturated rings. The van der Waals surface area contributed by atoms with Crippen LogP contribution in [0.1, 0.15) is 20.9 Å². The Hall–Kier alpha value is -1.84. The van der Waals surface area contributed by atoms with Crippen LogP contribution in [-0.4, -0.2) is 36.4 Å². The van der Waals surface area contributed by atoms with E-state index in [0.29, 0.717) is 18.1 Å². The average molecular weight is 355 g/mol. The molecular weight excluding hydrogens is 341 g/mol. The fourth-order valence-electron chi connectivity index (χ4n) is 2.32. The summed E-state index contributed by atoms with van der Waals surface area (Å²) in [6, 6.07) is 5.69. The molecule has 0 atom stereocenters. The largest absolute Gasteiger partial charge is 0.298 e. The second-order valence-electron chi connectivity index (χ2n) is 5.17. The minimum Gasteiger partial charge on any atom is -0.298 e. The molecule has 1 amide bonds. The van der Waals surface area contributed by atoms with Crippen molar-refractivity contribution < 1.29 is 17.6 Å². The highest BCUT2D eigenvalue weighted by atomic mass is 32.2. The molecule has 3 rings (SSSR count). The molecule has 23 heavy (non-hydrogen) atoms. The summed E-state index contributed by atoms with van der Waals surface area (Å²) in [4.78, 5) is 17.2. The van der Waals surface area contributed by atoms with Gasteiger partial charge in [0.1, 0.15) is 5.82 Å². The van der Waals surface area contributed by atoms with Crippen molar-refractivity contribution >= 4 is 32.4 Å². The Kier molecular flexibility index (Phi) is 4.17. The second kappa shape index (κ2) is 5.99. The summed E-state index contributed by atoms with van der Waals surface area (Å²) in [6.45, 7) is 0.623. The lowest BCUT2D eigenvalue weighted by Crippen LogP contribution is -2.34. The number of thiazole rings is 1. The van der Waals surface area contributed by atoms with Gasteiger partial charge in [-0.1, -0.05) is 12.1 Å². The van der Waals surface area contributed by atoms with Gasteiger partial charge < -0.3 is 0 Å². The van der Waals surface area contributed by atoms with Gasteiger partial charge in [0, 0.05) is 24.4 Å². The zero-order chi connectivity index (χ0) is 16.6. The summed E-state index contributed by atoms with van der Waals surface area (Å²) in [5.41, 5.74) is 0.720. The Bertz CT molecular complexity index is 864. The number of hydrogen-bond donors (Lipinski definition) is 1. The normalized spacial score (nSPS) is 15.2. The zero-order valence-corrected chi connectivity index (χ0v) is 13.9. The molecule has 1 aliphatic heterocycles. The van der Waals surface area contributed by atoms with Gasteiger partial charge in [-0.15, -0.1) is 11.3 Å². The fourth-order valence-corrected chi connectivity index (χ4v) is 4.21. The van der Waals surface area contributed by atoms with Crippen molar-refractivity contribution in [1.82, 2.24) is 9.29 Å². The van der Waals surface area contributed by atoms with Gasteiger partial charge in [0.05, 0.1) is 17.5 Å². The van der Waals surface area contributed by atoms with Crippen LogP contribution in [0, 0.1) is 5.82 Å². The lowest BCUT2D eigenvalue weighted by molar-refractivity contribution is 0.102. The van der Waals surface area contributed by atoms with E-state index in [1.807, 2.05) is 0 Å². The third kappa shape index (κ3) is 3.41. The minimum atomic E-state index is -3.26. The van der Waals surface area contributed by atoms with E-state index in [2.05, 4.69) is 10.3 Å². The number of carbonyl (C=O) groups is 1. The summed E-state index contributed by atoms with van der Waals surface area (Å²) in [5, 5.41) is 2.92. The van der Waals surface area contributed by atoms with Crippen LogP contribution < -0.4 is 5.32 Å². The van der Waals surface area contributed by atoms with Crippen LogP contribution in [0.5, 0.6) is 0 Å². The molecule has 1 aliphatic rings. The number of carbonyl (C=O) groups excluding carboxylic acids is 1. The number of aromatic nitrogens is 1. The van der Waals surface area contributed by atoms with Gasteiger partial charge in [-0.25, -0.2) is 17.8 Å². The highest BCUT2D eigenvalue weighted by Crippen LogP contribution is 2.29. The Morgan fingerprint density at radius 3 is 2.83 bits per heavy atom. The number of anilines is 1. The molecule has 0 radical (unpaired) electrons. The maximum atomic E-state index is 13.6. The van der Waals surface area contributed by atoms with Gasteiger partial charge in [-0.05, 0) is 12.1 Å². The number of amides is 1. The Morgan fingerprint density at radius 2 is 2.13 bits per heavy atom. The van der Waals surface area contributed by atoms with Crippen molar-refractivity contribution in [3.63, 3.8) is 0 Å². The van der Waals surface area contributed by atoms with E-state index in [1.54, 1.807) is 6.07 Å². The first-order valence-electron chi connectivity index (χ1n) is 6.84. The topological polar surface area (TPSA) is 79.4 Å². The van der Waals surface area contributed by atoms with Crippen molar-refractivity contribution in [3.8, 4) is 0 Å². The van der Waals surface area contributed by atoms with Crippen LogP contribution in [-0.2, 0) is 23.0 Å². The number of halogens is 1. The predicted octanol–water partition coefficient (Wildman–Crippen LogP) is 1.85. The molecule has 0 bridgehead atoms. The van der Waals surface area contributed by atoms with Gasteiger partial charge in [-0.3, -0.25) is 10.1 Å². The van der Waals surface area contributed by atoms with Gasteiger partial charge in [0.2, 0.25) is 10.0 Å². The first kappa shape index (κ1) is 16.0. The maximum absolute atomic E-state index is 13.6. The first-order valence-corrected chi connectivity index (χ1v) is 9.50. The van der Waals surface area contributed by atoms with Gasteiger partial charge in [-0.2, -0.15) is 4.31 Å². The van der Waals surface area contributed by atoms with Crippen molar-refractivity contribution in [1.29, 1.82) is 0 Å². The molecule has 1 N–H and O–H groups in total. The summed E-state index contributed by atoms with van der Waals surface area (Å²) in [6.07, 6.45) is 1.66. The van der Waals surface area contributed by atoms with E-state index < -0.39 is 21.7 Å². The Morgan fingerprint density at radius 1 is 1.39 bits per heavy atom. The standard InChI is InChI=1S/C14H14FN3O3S2/c1-23(20,21)18-7-6-11-12(8-18)22-14(16-11)17-13(19)9-4-2-3-5-10(9)15/h2-5H,6-8H2,1H3,(H,16,17,19). The molecular formula is C14H14FN3O3S2. The highest BCUT2D eigenvalue weighted by molar-refractivity contribution is 7.88. The molecule has 0 saturated carbocycles. The van der Waals surface area contributed by atoms with Gasteiger partial charge in [0.25, 0.3) is 5.91 Å². The summed E-state index contributed by atoms with van der Waals surface area (Å²) >= 11 is 1.21. The van der Waals surface area contributed by atoms with Crippen molar-refractivity contribution in [2.75, 3.05) is 18.1 Å². The first-order chi connectivity index (χ1) is 10.8. The number of nitrogens with one attached hydrogen (secondary N) is 1. The molecule has 1 aromatic heterocycles. The van der Waals surface area contributed by atoms with E-state index in [1.165, 1.54) is 40.1 Å². The number of nitrogens with zero attached hydrogens (tertiary/aromatic N) is 2. The minimum absolute atomic E-state index is 0.0570. The Balaban J connectivity index is 1.78. The third-order valence-electron chi connectivity index (χ3n) is 3.50. The summed E-state index contributed by atoms with van der Waals surface area (Å²) < 4.78 is 38.2. The number of fused-ring (bicyclic) bond motifs is 1. The van der Waals surface area contributed by atoms with Crippen LogP contribution in [0.3, 0.4) is 0 Å². The second-order valence-corrected chi connectivity index (χ2v) is 8.24. The number of sulfonamides is 1. The lowest BCUT2D eigenvalue weighted by Gasteiger charge is -2.23. The van der Waals surface area contributed by atoms with E-state index >= 15 is 0 Å². The summed E-state index contributed by atoms with van der Waals surface area (Å²) in [7, 11) is -3.26. The molecule has 0 spiro atoms. The molecule has 2 heterocycles. The molecule has 2 aromatic rings. The lowest BCUT2D eigenvalue weighted by atomic mass is 10.2. The fraction of sp³-hybridized carbons (Fsp3) is 0.286. The van der Waals surface area contributed by atoms with Crippen LogP contribution >= 0.6 is 11.3 Å². The molecule has 0 aliphatic carbocycles. The van der Waals surface area contributed by atoms with Crippen molar-refractivity contribution in [2.24, 2.45) is 0 Å². The molecule has 0 saturated heterocycles. The highest BCUT2D eigenvalue weighted by Gasteiger charge is 2.26. The average Bonchev–Trinajstić information content (AvgIpc) is 2.87. The van der Waals surface area contributed by atoms with E-state index in [9.17, 15) is 17.6 Å². The molecule has 1 aromatic carbocycles. The predicted molar refractivity (Wildman–Crippen MR) is 85.4 cm³/mol. The number of hydrogen-bond acceptors (Lipinski definition) is 5. The van der Waals surface area contributed by atoms with Crippen LogP contribution in [0.15, 0.2) is 24.3 Å². The number of benzene rings is 1. The van der Waals surface area contributed by atoms with Crippen molar-refractivity contribution in [3.05, 3.63) is 46.2 Å². The van der Waals surface area contributed by atoms with Gasteiger partial charge in [0.15, 0.2) is 5.13 Å². The maximum Gasteiger partial charge on any atom is 0.260 e. The quantitative estimate of drug-likeness (QED) is 0.911. The van der Waals surface area contributed by atoms with Crippen LogP contribution in [0.4, 0.5) is 9.52 Å². The van der Waals surface area contributed by atoms with E-state index in [-0.39, 0.29) is 12.1 Å². The monoisotopic (exact) mass is 355 g/mol. The van der Waals surface area contributed by atoms with Crippen LogP contribution in [0.25, 0.3) is 0 Å².